The lowest BCUT2D eigenvalue weighted by Gasteiger charge is -2.27. The van der Waals surface area contributed by atoms with E-state index in [1.54, 1.807) is 30.3 Å². The summed E-state index contributed by atoms with van der Waals surface area (Å²) in [6.45, 7) is 1.84. The van der Waals surface area contributed by atoms with Crippen molar-refractivity contribution < 1.29 is 28.3 Å². The number of ether oxygens (including phenoxy) is 1. The molecule has 1 aliphatic carbocycles. The van der Waals surface area contributed by atoms with Gasteiger partial charge < -0.3 is 4.74 Å². The molecule has 2 aliphatic heterocycles. The van der Waals surface area contributed by atoms with Gasteiger partial charge in [0.25, 0.3) is 0 Å². The van der Waals surface area contributed by atoms with Crippen molar-refractivity contribution in [3.63, 3.8) is 0 Å². The predicted molar refractivity (Wildman–Crippen MR) is 119 cm³/mol. The number of Topliss-reactive ketones (excluding diaryl/α,β-unsaturated/α-hetero) is 2. The summed E-state index contributed by atoms with van der Waals surface area (Å²) in [6.07, 6.45) is -1.07. The third-order valence-electron chi connectivity index (χ3n) is 6.98. The summed E-state index contributed by atoms with van der Waals surface area (Å²) in [7, 11) is 0. The second-order valence-electron chi connectivity index (χ2n) is 8.88. The van der Waals surface area contributed by atoms with E-state index < -0.39 is 52.7 Å². The molecule has 0 saturated carbocycles. The maximum atomic E-state index is 13.8. The van der Waals surface area contributed by atoms with Crippen LogP contribution in [0, 0.1) is 24.6 Å². The number of anilines is 1. The van der Waals surface area contributed by atoms with Gasteiger partial charge in [-0.05, 0) is 42.3 Å². The number of nitrogens with zero attached hydrogens (tertiary/aromatic N) is 1. The highest BCUT2D eigenvalue weighted by Crippen LogP contribution is 2.57. The highest BCUT2D eigenvalue weighted by Gasteiger charge is 2.74. The molecular formula is C27H18FNO5. The Balaban J connectivity index is 1.55. The van der Waals surface area contributed by atoms with Crippen molar-refractivity contribution in [2.75, 3.05) is 4.90 Å². The summed E-state index contributed by atoms with van der Waals surface area (Å²) >= 11 is 0. The summed E-state index contributed by atoms with van der Waals surface area (Å²) in [5.41, 5.74) is -0.180. The van der Waals surface area contributed by atoms with Crippen LogP contribution in [0.2, 0.25) is 0 Å². The van der Waals surface area contributed by atoms with Gasteiger partial charge in [-0.15, -0.1) is 0 Å². The van der Waals surface area contributed by atoms with Gasteiger partial charge in [-0.3, -0.25) is 19.2 Å². The molecule has 7 heteroatoms. The molecule has 2 fully saturated rings. The monoisotopic (exact) mass is 455 g/mol. The van der Waals surface area contributed by atoms with Crippen LogP contribution in [-0.4, -0.2) is 29.0 Å². The van der Waals surface area contributed by atoms with Crippen LogP contribution < -0.4 is 4.90 Å². The quantitative estimate of drug-likeness (QED) is 0.433. The fourth-order valence-electron chi connectivity index (χ4n) is 5.49. The van der Waals surface area contributed by atoms with Crippen LogP contribution in [0.1, 0.15) is 37.9 Å². The van der Waals surface area contributed by atoms with E-state index in [-0.39, 0.29) is 11.1 Å². The van der Waals surface area contributed by atoms with Crippen molar-refractivity contribution in [3.05, 3.63) is 101 Å². The lowest BCUT2D eigenvalue weighted by molar-refractivity contribution is -0.127. The first-order valence-electron chi connectivity index (χ1n) is 10.9. The van der Waals surface area contributed by atoms with Gasteiger partial charge in [0.15, 0.2) is 0 Å². The minimum absolute atomic E-state index is 0.167. The minimum atomic E-state index is -2.14. The Morgan fingerprint density at radius 3 is 2.09 bits per heavy atom. The van der Waals surface area contributed by atoms with Gasteiger partial charge in [-0.1, -0.05) is 48.5 Å². The van der Waals surface area contributed by atoms with Crippen molar-refractivity contribution in [3.8, 4) is 0 Å². The zero-order valence-electron chi connectivity index (χ0n) is 18.0. The molecule has 0 radical (unpaired) electrons. The number of ketones is 2. The van der Waals surface area contributed by atoms with E-state index in [4.69, 9.17) is 4.74 Å². The van der Waals surface area contributed by atoms with E-state index >= 15 is 0 Å². The second-order valence-corrected chi connectivity index (χ2v) is 8.88. The molecule has 34 heavy (non-hydrogen) atoms. The van der Waals surface area contributed by atoms with Gasteiger partial charge in [0.05, 0.1) is 23.6 Å². The number of hydrogen-bond acceptors (Lipinski definition) is 5. The SMILES string of the molecule is Cc1cccc(N2C(=O)C3C(c4ccc(F)cc4)OC4(C(=O)c5ccccc5C4=O)C3C2=O)c1. The smallest absolute Gasteiger partial charge is 0.241 e. The second kappa shape index (κ2) is 7.01. The molecule has 0 N–H and O–H groups in total. The summed E-state index contributed by atoms with van der Waals surface area (Å²) in [5.74, 6) is -5.38. The number of halogens is 1. The Labute approximate surface area is 193 Å². The molecule has 3 unspecified atom stereocenters. The van der Waals surface area contributed by atoms with Crippen molar-refractivity contribution >= 4 is 29.1 Å². The number of rotatable bonds is 2. The lowest BCUT2D eigenvalue weighted by Crippen LogP contribution is -2.51. The zero-order chi connectivity index (χ0) is 23.8. The van der Waals surface area contributed by atoms with Gasteiger partial charge in [0, 0.05) is 11.1 Å². The molecule has 168 valence electrons. The summed E-state index contributed by atoms with van der Waals surface area (Å²) < 4.78 is 19.8. The zero-order valence-corrected chi connectivity index (χ0v) is 18.0. The molecule has 6 nitrogen and oxygen atoms in total. The Morgan fingerprint density at radius 1 is 0.824 bits per heavy atom. The molecule has 0 aromatic heterocycles. The van der Waals surface area contributed by atoms with Gasteiger partial charge >= 0.3 is 0 Å². The van der Waals surface area contributed by atoms with E-state index in [0.29, 0.717) is 11.3 Å². The van der Waals surface area contributed by atoms with Crippen LogP contribution in [0.4, 0.5) is 10.1 Å². The van der Waals surface area contributed by atoms with Gasteiger partial charge in [-0.25, -0.2) is 9.29 Å². The number of hydrogen-bond donors (Lipinski definition) is 0. The van der Waals surface area contributed by atoms with Crippen molar-refractivity contribution in [1.29, 1.82) is 0 Å². The van der Waals surface area contributed by atoms with Crippen molar-refractivity contribution in [2.45, 2.75) is 18.6 Å². The molecule has 2 heterocycles. The van der Waals surface area contributed by atoms with Crippen LogP contribution in [0.5, 0.6) is 0 Å². The first kappa shape index (κ1) is 20.6. The first-order chi connectivity index (χ1) is 16.3. The van der Waals surface area contributed by atoms with Crippen LogP contribution in [0.15, 0.2) is 72.8 Å². The van der Waals surface area contributed by atoms with Crippen LogP contribution in [0.3, 0.4) is 0 Å². The molecule has 3 aliphatic rings. The van der Waals surface area contributed by atoms with E-state index in [1.807, 2.05) is 13.0 Å². The van der Waals surface area contributed by atoms with E-state index in [0.717, 1.165) is 10.5 Å². The summed E-state index contributed by atoms with van der Waals surface area (Å²) in [6, 6.07) is 18.5. The van der Waals surface area contributed by atoms with Gasteiger partial charge in [0.2, 0.25) is 29.0 Å². The third kappa shape index (κ3) is 2.53. The molecule has 3 aromatic carbocycles. The number of benzene rings is 3. The Morgan fingerprint density at radius 2 is 1.47 bits per heavy atom. The third-order valence-corrected chi connectivity index (χ3v) is 6.98. The van der Waals surface area contributed by atoms with Crippen LogP contribution in [-0.2, 0) is 14.3 Å². The molecule has 6 rings (SSSR count). The van der Waals surface area contributed by atoms with Crippen molar-refractivity contribution in [2.24, 2.45) is 11.8 Å². The average molecular weight is 455 g/mol. The van der Waals surface area contributed by atoms with E-state index in [1.165, 1.54) is 36.4 Å². The summed E-state index contributed by atoms with van der Waals surface area (Å²) in [4.78, 5) is 55.9. The average Bonchev–Trinajstić information content (AvgIpc) is 3.40. The molecule has 1 spiro atoms. The number of aryl methyl sites for hydroxylation is 1. The first-order valence-corrected chi connectivity index (χ1v) is 10.9. The van der Waals surface area contributed by atoms with Gasteiger partial charge in [-0.2, -0.15) is 0 Å². The molecule has 2 saturated heterocycles. The fourth-order valence-corrected chi connectivity index (χ4v) is 5.49. The maximum Gasteiger partial charge on any atom is 0.241 e. The number of fused-ring (bicyclic) bond motifs is 3. The van der Waals surface area contributed by atoms with E-state index in [9.17, 15) is 23.6 Å². The minimum Gasteiger partial charge on any atom is -0.349 e. The fraction of sp³-hybridized carbons (Fsp3) is 0.185. The molecular weight excluding hydrogens is 437 g/mol. The number of carbonyl (C=O) groups is 4. The molecule has 3 aromatic rings. The van der Waals surface area contributed by atoms with Crippen LogP contribution >= 0.6 is 0 Å². The maximum absolute atomic E-state index is 13.8. The Hall–Kier alpha value is -3.97. The Bertz CT molecular complexity index is 1380. The standard InChI is InChI=1S/C27H18FNO5/c1-14-5-4-6-17(13-14)29-25(32)20-21(26(29)33)27(34-22(20)15-9-11-16(28)12-10-15)23(30)18-7-2-3-8-19(18)24(27)31/h2-13,20-22H,1H3. The highest BCUT2D eigenvalue weighted by molar-refractivity contribution is 6.37. The van der Waals surface area contributed by atoms with E-state index in [2.05, 4.69) is 0 Å². The van der Waals surface area contributed by atoms with Crippen molar-refractivity contribution in [1.82, 2.24) is 0 Å². The topological polar surface area (TPSA) is 80.8 Å². The normalized spacial score (nSPS) is 24.8. The number of imide groups is 1. The largest absolute Gasteiger partial charge is 0.349 e. The van der Waals surface area contributed by atoms with Crippen LogP contribution in [0.25, 0.3) is 0 Å². The summed E-state index contributed by atoms with van der Waals surface area (Å²) in [5, 5.41) is 0. The lowest BCUT2D eigenvalue weighted by atomic mass is 9.77. The number of amides is 2. The molecule has 3 atom stereocenters. The predicted octanol–water partition coefficient (Wildman–Crippen LogP) is 3.83. The molecule has 2 amide bonds. The number of carbonyl (C=O) groups excluding carboxylic acids is 4. The molecule has 0 bridgehead atoms. The Kier molecular flexibility index (Phi) is 4.25. The highest BCUT2D eigenvalue weighted by atomic mass is 19.1. The van der Waals surface area contributed by atoms with Gasteiger partial charge in [0.1, 0.15) is 5.82 Å².